The molecule has 9 saturated heterocycles. The van der Waals surface area contributed by atoms with Gasteiger partial charge in [0.05, 0.1) is 50.7 Å². The number of ether oxygens (including phenoxy) is 18. The van der Waals surface area contributed by atoms with Crippen LogP contribution in [0.15, 0.2) is 0 Å². The number of nitrogens with one attached hydrogen (secondary N) is 6. The van der Waals surface area contributed by atoms with E-state index in [0.29, 0.717) is 0 Å². The number of amides is 6. The SMILES string of the molecule is CC[C@@H]1C(C(=O)[O-])O[C@@H](O[C@@H]2C(NC(C)=O)[C@H](O[C@@H]3C(C(=O)NOCC4O[C@H](O[C@H]5OC(CONC(=O)C6O[C@@H](O[C@@H]7C(NC(C)=O)[C@H](OC)OC(CO)[C@H]7O)C(O)[C@@H](O)[C@@H]6O[C@@H]6OC(CO)[C@@H](O)[C@H](O[C@@H]7CC([C-]=O)[C@@H](C)[C@H](O)C7O)C6NC(C)=O)[C@@H](O)[C@H](O)C5O)C(O)[C@@H](O)[C@@H]4O)O[C@@H](O[C@@H]4C(NC(C)=O)[C@H](OC)OC(CO)[C@H]4O)C(O)[C@H]3O)OC(CO)[C@H]2O)C(O)[C@H]1O.[Na+].[Na+].[OH-]. The van der Waals surface area contributed by atoms with Gasteiger partial charge in [-0.15, -0.1) is 5.92 Å². The van der Waals surface area contributed by atoms with Crippen LogP contribution in [0.4, 0.5) is 0 Å². The second-order valence-corrected chi connectivity index (χ2v) is 33.0. The first-order chi connectivity index (χ1) is 61.9. The Morgan fingerprint density at radius 2 is 0.642 bits per heavy atom. The maximum atomic E-state index is 14.8. The Labute approximate surface area is 805 Å². The molecule has 50 atom stereocenters. The summed E-state index contributed by atoms with van der Waals surface area (Å²) in [5, 5.41) is 270. The van der Waals surface area contributed by atoms with E-state index in [9.17, 15) is 156 Å². The zero-order valence-corrected chi connectivity index (χ0v) is 77.6. The molecule has 60 heteroatoms. The molecule has 10 rings (SSSR count). The van der Waals surface area contributed by atoms with Gasteiger partial charge in [0, 0.05) is 47.8 Å². The smallest absolute Gasteiger partial charge is 0.870 e. The number of hydrogen-bond acceptors (Lipinski definition) is 52. The van der Waals surface area contributed by atoms with Crippen molar-refractivity contribution >= 4 is 47.7 Å². The molecule has 29 N–H and O–H groups in total. The first-order valence-corrected chi connectivity index (χ1v) is 41.7. The molecule has 134 heavy (non-hydrogen) atoms. The molecule has 0 bridgehead atoms. The number of aliphatic carboxylic acids is 1. The first kappa shape index (κ1) is 117. The third-order valence-corrected chi connectivity index (χ3v) is 24.2. The minimum Gasteiger partial charge on any atom is -0.870 e. The number of carboxylic acid groups (broad SMARTS) is 1. The number of carboxylic acids is 1. The third-order valence-electron chi connectivity index (χ3n) is 24.2. The van der Waals surface area contributed by atoms with Gasteiger partial charge in [0.15, 0.2) is 68.8 Å². The molecule has 1 aliphatic carbocycles. The molecule has 760 valence electrons. The summed E-state index contributed by atoms with van der Waals surface area (Å²) in [6, 6.07) is -6.99. The predicted octanol–water partition coefficient (Wildman–Crippen LogP) is -26.5. The molecule has 58 nitrogen and oxygen atoms in total. The number of carbonyl (C=O) groups is 7. The maximum absolute atomic E-state index is 14.8. The van der Waals surface area contributed by atoms with Gasteiger partial charge in [0.2, 0.25) is 23.6 Å². The van der Waals surface area contributed by atoms with E-state index >= 15 is 0 Å². The Hall–Kier alpha value is -3.76. The molecule has 9 aliphatic heterocycles. The maximum Gasteiger partial charge on any atom is 1.00 e. The first-order valence-electron chi connectivity index (χ1n) is 41.7. The Kier molecular flexibility index (Phi) is 45.5. The van der Waals surface area contributed by atoms with Crippen LogP contribution < -0.4 is 96.4 Å². The fourth-order valence-corrected chi connectivity index (χ4v) is 17.1. The molecule has 10 fully saturated rings. The van der Waals surface area contributed by atoms with E-state index < -0.39 is 387 Å². The average molecular weight is 1970 g/mol. The molecule has 9 heterocycles. The normalized spacial score (nSPS) is 45.9. The predicted molar refractivity (Wildman–Crippen MR) is 405 cm³/mol. The summed E-state index contributed by atoms with van der Waals surface area (Å²) in [7, 11) is 2.18. The van der Waals surface area contributed by atoms with Crippen molar-refractivity contribution in [3.8, 4) is 0 Å². The number of aliphatic hydroxyl groups excluding tert-OH is 22. The van der Waals surface area contributed by atoms with E-state index in [1.807, 2.05) is 11.0 Å². The van der Waals surface area contributed by atoms with Crippen molar-refractivity contribution < 1.29 is 315 Å². The molecular weight excluding hydrogens is 1850 g/mol. The van der Waals surface area contributed by atoms with Crippen LogP contribution in [-0.2, 0) is 133 Å². The monoisotopic (exact) mass is 1970 g/mol. The van der Waals surface area contributed by atoms with E-state index in [0.717, 1.165) is 41.9 Å². The van der Waals surface area contributed by atoms with Gasteiger partial charge < -0.3 is 239 Å². The van der Waals surface area contributed by atoms with Crippen molar-refractivity contribution in [2.75, 3.05) is 53.9 Å². The molecule has 0 radical (unpaired) electrons. The van der Waals surface area contributed by atoms with Crippen LogP contribution in [0, 0.1) is 17.8 Å². The Bertz CT molecular complexity index is 3720. The molecular formula is C74H119N6Na2O52-. The fraction of sp³-hybridized carbons (Fsp3) is 0.892. The molecule has 20 unspecified atom stereocenters. The van der Waals surface area contributed by atoms with Gasteiger partial charge in [0.1, 0.15) is 214 Å². The number of aliphatic hydroxyl groups is 22. The van der Waals surface area contributed by atoms with Gasteiger partial charge in [0.25, 0.3) is 11.8 Å². The average Bonchev–Trinajstić information content (AvgIpc) is 0.765. The Morgan fingerprint density at radius 1 is 0.351 bits per heavy atom. The number of rotatable bonds is 35. The van der Waals surface area contributed by atoms with Gasteiger partial charge in [-0.05, 0) is 18.8 Å². The van der Waals surface area contributed by atoms with E-state index in [-0.39, 0.29) is 77.4 Å². The fourth-order valence-electron chi connectivity index (χ4n) is 17.1. The zero-order chi connectivity index (χ0) is 96.7. The van der Waals surface area contributed by atoms with Crippen LogP contribution in [0.1, 0.15) is 54.4 Å². The van der Waals surface area contributed by atoms with Crippen LogP contribution in [0.5, 0.6) is 0 Å². The molecule has 0 aromatic heterocycles. The molecule has 0 aromatic carbocycles. The van der Waals surface area contributed by atoms with E-state index in [2.05, 4.69) is 21.3 Å². The molecule has 10 aliphatic rings. The quantitative estimate of drug-likeness (QED) is 0.0159. The van der Waals surface area contributed by atoms with Crippen LogP contribution in [0.2, 0.25) is 0 Å². The topological polar surface area (TPSA) is 891 Å². The van der Waals surface area contributed by atoms with Crippen molar-refractivity contribution in [1.82, 2.24) is 32.2 Å². The molecule has 1 saturated carbocycles. The van der Waals surface area contributed by atoms with Crippen LogP contribution >= 0.6 is 0 Å². The molecule has 0 spiro atoms. The summed E-state index contributed by atoms with van der Waals surface area (Å²) in [6.45, 7) is 0.295. The van der Waals surface area contributed by atoms with Gasteiger partial charge in [-0.1, -0.05) is 13.8 Å². The standard InChI is InChI=1S/C74H119N6O51.2Na.H2O/c1-9-24-37(91)49(103)72(123-54(24)65(110)111)126-58-35(78-22(6)89)69(120-29(15-85)44(58)98)128-60-48(102)53(107)74(125-57-33(76-20(4)87)67(113-8)118-27(13-83)43(57)97)130-62(60)64(109)80-115-17-31-40(94)46(100)51(105)71(122-31)131-70-50(104)45(99)39(93)30(121-70)16-114-79-63(108)61-59(47(101)52(106)73(129-61)124-56-32(75-19(3)86)66(112-7)117-26(12-82)42(56)96)127-68-34(77-21(5)88)55(41(95)28(14-84)119-68)116-25-10-23(11-81)18(2)36(90)38(25)92;;;/h18,23-62,66-74,82-85,90-107H,9-10,12-17H2,1-8H3,(H,75,86)(H,76,87)(H,77,88)(H,78,89)(H,79,108)(H,80,109)(H,110,111);;;1H2/q-1;2*+1;/p-2/t18-,23?,24+,25-,26?,27?,28?,29?,30?,31?,32?,33?,34?,35?,36+,37+,38?,39-,40-,41-,42-,43-,44-,45+,46+,47-,48-,49?,50?,51?,52?,53?,54?,55-,56-,57-,58-,59+,60+,61?,62?,66-,67-,68+,69+,70-,71-,72+,73-,74-;;;/m1.../s1. The van der Waals surface area contributed by atoms with Gasteiger partial charge in [-0.25, -0.2) is 11.0 Å². The molecule has 6 amide bonds. The number of hydrogen-bond donors (Lipinski definition) is 28. The van der Waals surface area contributed by atoms with E-state index in [1.54, 1.807) is 6.29 Å². The van der Waals surface area contributed by atoms with Gasteiger partial charge >= 0.3 is 59.1 Å². The summed E-state index contributed by atoms with van der Waals surface area (Å²) in [6.07, 6.45) is -89.4. The summed E-state index contributed by atoms with van der Waals surface area (Å²) >= 11 is 0. The largest absolute Gasteiger partial charge is 1.00 e. The zero-order valence-electron chi connectivity index (χ0n) is 73.6. The summed E-state index contributed by atoms with van der Waals surface area (Å²) in [4.78, 5) is 116. The van der Waals surface area contributed by atoms with Crippen molar-refractivity contribution in [2.24, 2.45) is 17.8 Å². The Balaban J connectivity index is 0.00000817. The second-order valence-electron chi connectivity index (χ2n) is 33.0. The van der Waals surface area contributed by atoms with Crippen molar-refractivity contribution in [1.29, 1.82) is 0 Å². The van der Waals surface area contributed by atoms with Crippen LogP contribution in [0.25, 0.3) is 0 Å². The van der Waals surface area contributed by atoms with E-state index in [4.69, 9.17) is 94.9 Å². The summed E-state index contributed by atoms with van der Waals surface area (Å²) < 4.78 is 105. The van der Waals surface area contributed by atoms with Crippen LogP contribution in [-0.4, -0.2) is 508 Å². The number of carbonyl (C=O) groups excluding carboxylic acids is 8. The van der Waals surface area contributed by atoms with Crippen molar-refractivity contribution in [2.45, 2.75) is 343 Å². The van der Waals surface area contributed by atoms with Crippen molar-refractivity contribution in [3.05, 3.63) is 0 Å². The third kappa shape index (κ3) is 26.4. The van der Waals surface area contributed by atoms with E-state index in [1.165, 1.54) is 13.8 Å². The summed E-state index contributed by atoms with van der Waals surface area (Å²) in [5.41, 5.74) is 3.77. The Morgan fingerprint density at radius 3 is 0.955 bits per heavy atom. The number of methoxy groups -OCH3 is 2. The minimum atomic E-state index is -2.56. The second kappa shape index (κ2) is 52.0. The van der Waals surface area contributed by atoms with Gasteiger partial charge in [-0.3, -0.25) is 44.7 Å². The number of hydroxylamine groups is 2. The minimum absolute atomic E-state index is 0. The van der Waals surface area contributed by atoms with Crippen LogP contribution in [0.3, 0.4) is 0 Å². The summed E-state index contributed by atoms with van der Waals surface area (Å²) in [5.74, 6) is -11.9. The molecule has 0 aromatic rings. The van der Waals surface area contributed by atoms with Gasteiger partial charge in [-0.2, -0.15) is 0 Å². The van der Waals surface area contributed by atoms with Crippen molar-refractivity contribution in [3.63, 3.8) is 0 Å².